The molecule has 0 amide bonds. The molecule has 4 aromatic rings. The largest absolute Gasteiger partial charge is 0.476 e. The van der Waals surface area contributed by atoms with Gasteiger partial charge in [0.15, 0.2) is 15.5 Å². The maximum atomic E-state index is 11.7. The number of hydrogen-bond donors (Lipinski definition) is 1. The fourth-order valence-corrected chi connectivity index (χ4v) is 4.37. The van der Waals surface area contributed by atoms with Crippen LogP contribution in [0.5, 0.6) is 0 Å². The van der Waals surface area contributed by atoms with Crippen LogP contribution in [-0.2, 0) is 16.3 Å². The smallest absolute Gasteiger partial charge is 0.355 e. The summed E-state index contributed by atoms with van der Waals surface area (Å²) in [6, 6.07) is 16.4. The van der Waals surface area contributed by atoms with Crippen molar-refractivity contribution in [3.63, 3.8) is 0 Å². The molecular weight excluding hydrogens is 422 g/mol. The lowest BCUT2D eigenvalue weighted by Gasteiger charge is -2.04. The molecule has 0 radical (unpaired) electrons. The van der Waals surface area contributed by atoms with Crippen molar-refractivity contribution in [1.29, 1.82) is 0 Å². The van der Waals surface area contributed by atoms with E-state index in [9.17, 15) is 13.2 Å². The molecule has 2 heterocycles. The van der Waals surface area contributed by atoms with E-state index in [0.717, 1.165) is 22.4 Å². The van der Waals surface area contributed by atoms with Gasteiger partial charge in [0.05, 0.1) is 10.6 Å². The van der Waals surface area contributed by atoms with E-state index in [4.69, 9.17) is 5.11 Å². The highest BCUT2D eigenvalue weighted by atomic mass is 32.2. The third kappa shape index (κ3) is 4.17. The SMILES string of the molecule is CS(=O)(=O)c1ccc(Cc2cn(-c3nc(C(=O)O)cs3)nc2-c2ccccc2)cc1. The van der Waals surface area contributed by atoms with Gasteiger partial charge >= 0.3 is 5.97 Å². The average molecular weight is 440 g/mol. The van der Waals surface area contributed by atoms with Crippen molar-refractivity contribution < 1.29 is 18.3 Å². The molecule has 152 valence electrons. The number of aromatic carboxylic acids is 1. The van der Waals surface area contributed by atoms with E-state index in [-0.39, 0.29) is 10.6 Å². The van der Waals surface area contributed by atoms with Crippen molar-refractivity contribution in [3.8, 4) is 16.4 Å². The number of nitrogens with zero attached hydrogens (tertiary/aromatic N) is 3. The van der Waals surface area contributed by atoms with Crippen LogP contribution in [0.4, 0.5) is 0 Å². The number of hydrogen-bond acceptors (Lipinski definition) is 6. The Bertz CT molecular complexity index is 1310. The standard InChI is InChI=1S/C21H17N3O4S2/c1-30(27,28)17-9-7-14(8-10-17)11-16-12-24(21-22-18(13-29-21)20(25)26)23-19(16)15-5-3-2-4-6-15/h2-10,12-13H,11H2,1H3,(H,25,26). The van der Waals surface area contributed by atoms with Gasteiger partial charge in [0.2, 0.25) is 5.13 Å². The van der Waals surface area contributed by atoms with Gasteiger partial charge in [-0.05, 0) is 17.7 Å². The van der Waals surface area contributed by atoms with Gasteiger partial charge in [0, 0.05) is 35.4 Å². The molecule has 0 bridgehead atoms. The minimum atomic E-state index is -3.25. The summed E-state index contributed by atoms with van der Waals surface area (Å²) in [6.45, 7) is 0. The van der Waals surface area contributed by atoms with Crippen LogP contribution in [0.1, 0.15) is 21.6 Å². The van der Waals surface area contributed by atoms with E-state index in [0.29, 0.717) is 11.6 Å². The summed E-state index contributed by atoms with van der Waals surface area (Å²) in [4.78, 5) is 15.5. The fourth-order valence-electron chi connectivity index (χ4n) is 3.02. The molecule has 0 unspecified atom stereocenters. The number of rotatable bonds is 6. The molecule has 0 saturated heterocycles. The molecule has 9 heteroatoms. The molecule has 0 spiro atoms. The van der Waals surface area contributed by atoms with E-state index >= 15 is 0 Å². The number of benzene rings is 2. The molecule has 0 aliphatic carbocycles. The maximum Gasteiger partial charge on any atom is 0.355 e. The predicted octanol–water partition coefficient (Wildman–Crippen LogP) is 3.69. The molecule has 4 rings (SSSR count). The first-order valence-electron chi connectivity index (χ1n) is 8.93. The van der Waals surface area contributed by atoms with E-state index in [1.807, 2.05) is 36.5 Å². The van der Waals surface area contributed by atoms with Crippen molar-refractivity contribution in [2.45, 2.75) is 11.3 Å². The Morgan fingerprint density at radius 2 is 1.80 bits per heavy atom. The minimum Gasteiger partial charge on any atom is -0.476 e. The van der Waals surface area contributed by atoms with Gasteiger partial charge in [-0.15, -0.1) is 11.3 Å². The summed E-state index contributed by atoms with van der Waals surface area (Å²) in [5, 5.41) is 15.7. The summed E-state index contributed by atoms with van der Waals surface area (Å²) in [5.41, 5.74) is 3.51. The number of thiazole rings is 1. The van der Waals surface area contributed by atoms with Crippen LogP contribution in [-0.4, -0.2) is 40.5 Å². The summed E-state index contributed by atoms with van der Waals surface area (Å²) in [7, 11) is -3.25. The van der Waals surface area contributed by atoms with Gasteiger partial charge in [-0.1, -0.05) is 42.5 Å². The van der Waals surface area contributed by atoms with Crippen LogP contribution in [0, 0.1) is 0 Å². The van der Waals surface area contributed by atoms with Gasteiger partial charge in [-0.3, -0.25) is 0 Å². The van der Waals surface area contributed by atoms with Crippen molar-refractivity contribution in [2.75, 3.05) is 6.26 Å². The monoisotopic (exact) mass is 439 g/mol. The van der Waals surface area contributed by atoms with Crippen molar-refractivity contribution in [2.24, 2.45) is 0 Å². The fraction of sp³-hybridized carbons (Fsp3) is 0.0952. The summed E-state index contributed by atoms with van der Waals surface area (Å²) in [5.74, 6) is -1.08. The second-order valence-electron chi connectivity index (χ2n) is 6.73. The van der Waals surface area contributed by atoms with Crippen molar-refractivity contribution in [1.82, 2.24) is 14.8 Å². The highest BCUT2D eigenvalue weighted by Gasteiger charge is 2.16. The van der Waals surface area contributed by atoms with Crippen LogP contribution in [0.25, 0.3) is 16.4 Å². The molecule has 1 N–H and O–H groups in total. The zero-order valence-electron chi connectivity index (χ0n) is 15.9. The van der Waals surface area contributed by atoms with Crippen LogP contribution < -0.4 is 0 Å². The molecule has 0 saturated carbocycles. The molecule has 7 nitrogen and oxygen atoms in total. The Kier molecular flexibility index (Phi) is 5.23. The van der Waals surface area contributed by atoms with Gasteiger partial charge in [-0.2, -0.15) is 5.10 Å². The first kappa shape index (κ1) is 20.0. The van der Waals surface area contributed by atoms with E-state index in [1.165, 1.54) is 23.0 Å². The number of carboxylic acid groups (broad SMARTS) is 1. The zero-order chi connectivity index (χ0) is 21.3. The Morgan fingerprint density at radius 3 is 2.40 bits per heavy atom. The third-order valence-corrected chi connectivity index (χ3v) is 6.45. The van der Waals surface area contributed by atoms with Crippen LogP contribution >= 0.6 is 11.3 Å². The Morgan fingerprint density at radius 1 is 1.10 bits per heavy atom. The first-order valence-corrected chi connectivity index (χ1v) is 11.7. The number of carboxylic acids is 1. The first-order chi connectivity index (χ1) is 14.3. The minimum absolute atomic E-state index is 0.0234. The second-order valence-corrected chi connectivity index (χ2v) is 9.58. The van der Waals surface area contributed by atoms with E-state index in [2.05, 4.69) is 10.1 Å². The third-order valence-electron chi connectivity index (χ3n) is 4.49. The molecule has 0 aliphatic rings. The lowest BCUT2D eigenvalue weighted by molar-refractivity contribution is 0.0691. The Labute approximate surface area is 177 Å². The Balaban J connectivity index is 1.73. The maximum absolute atomic E-state index is 11.7. The van der Waals surface area contributed by atoms with E-state index in [1.54, 1.807) is 28.9 Å². The number of aromatic nitrogens is 3. The van der Waals surface area contributed by atoms with Crippen LogP contribution in [0.15, 0.2) is 71.1 Å². The second kappa shape index (κ2) is 7.85. The summed E-state index contributed by atoms with van der Waals surface area (Å²) in [6.07, 6.45) is 3.54. The van der Waals surface area contributed by atoms with Gasteiger partial charge in [-0.25, -0.2) is 22.9 Å². The molecule has 0 atom stereocenters. The highest BCUT2D eigenvalue weighted by Crippen LogP contribution is 2.27. The molecular formula is C21H17N3O4S2. The molecule has 0 fully saturated rings. The quantitative estimate of drug-likeness (QED) is 0.492. The lowest BCUT2D eigenvalue weighted by Crippen LogP contribution is -1.99. The van der Waals surface area contributed by atoms with Gasteiger partial charge in [0.25, 0.3) is 0 Å². The Hall–Kier alpha value is -3.30. The highest BCUT2D eigenvalue weighted by molar-refractivity contribution is 7.90. The average Bonchev–Trinajstić information content (AvgIpc) is 3.36. The van der Waals surface area contributed by atoms with Crippen molar-refractivity contribution in [3.05, 3.63) is 83.0 Å². The molecule has 0 aliphatic heterocycles. The normalized spacial score (nSPS) is 11.5. The van der Waals surface area contributed by atoms with Gasteiger partial charge < -0.3 is 5.11 Å². The zero-order valence-corrected chi connectivity index (χ0v) is 17.5. The summed E-state index contributed by atoms with van der Waals surface area (Å²) < 4.78 is 25.0. The number of sulfone groups is 1. The lowest BCUT2D eigenvalue weighted by atomic mass is 10.0. The van der Waals surface area contributed by atoms with Crippen molar-refractivity contribution >= 4 is 27.1 Å². The topological polar surface area (TPSA) is 102 Å². The number of carbonyl (C=O) groups is 1. The predicted molar refractivity (Wildman–Crippen MR) is 114 cm³/mol. The van der Waals surface area contributed by atoms with Crippen LogP contribution in [0.3, 0.4) is 0 Å². The molecule has 2 aromatic heterocycles. The summed E-state index contributed by atoms with van der Waals surface area (Å²) >= 11 is 1.20. The van der Waals surface area contributed by atoms with E-state index < -0.39 is 15.8 Å². The van der Waals surface area contributed by atoms with Crippen LogP contribution in [0.2, 0.25) is 0 Å². The van der Waals surface area contributed by atoms with Gasteiger partial charge in [0.1, 0.15) is 0 Å². The molecule has 2 aromatic carbocycles. The molecule has 30 heavy (non-hydrogen) atoms.